The van der Waals surface area contributed by atoms with Gasteiger partial charge in [0, 0.05) is 23.1 Å². The first-order valence-corrected chi connectivity index (χ1v) is 9.39. The van der Waals surface area contributed by atoms with Crippen LogP contribution in [0.15, 0.2) is 18.2 Å². The van der Waals surface area contributed by atoms with Gasteiger partial charge in [0.1, 0.15) is 11.5 Å². The third-order valence-corrected chi connectivity index (χ3v) is 6.12. The van der Waals surface area contributed by atoms with Gasteiger partial charge in [-0.15, -0.1) is 0 Å². The molecule has 4 nitrogen and oxygen atoms in total. The number of amides is 1. The quantitative estimate of drug-likeness (QED) is 0.850. The Hall–Kier alpha value is -2.24. The van der Waals surface area contributed by atoms with Gasteiger partial charge in [-0.05, 0) is 57.1 Å². The van der Waals surface area contributed by atoms with Crippen molar-refractivity contribution in [3.05, 3.63) is 46.8 Å². The van der Waals surface area contributed by atoms with Crippen molar-refractivity contribution in [3.8, 4) is 5.69 Å². The van der Waals surface area contributed by atoms with Gasteiger partial charge < -0.3 is 5.32 Å². The average Bonchev–Trinajstić information content (AvgIpc) is 2.92. The van der Waals surface area contributed by atoms with E-state index in [1.165, 1.54) is 16.8 Å². The smallest absolute Gasteiger partial charge is 0.272 e. The summed E-state index contributed by atoms with van der Waals surface area (Å²) in [6.07, 6.45) is 1.77. The van der Waals surface area contributed by atoms with Crippen LogP contribution in [0.25, 0.3) is 5.69 Å². The van der Waals surface area contributed by atoms with E-state index in [1.54, 1.807) is 0 Å². The third kappa shape index (κ3) is 2.77. The highest BCUT2D eigenvalue weighted by atomic mass is 19.1. The van der Waals surface area contributed by atoms with E-state index in [4.69, 9.17) is 0 Å². The minimum atomic E-state index is -0.678. The Bertz CT molecular complexity index is 940. The highest BCUT2D eigenvalue weighted by Gasteiger charge is 2.55. The van der Waals surface area contributed by atoms with Crippen LogP contribution in [0.3, 0.4) is 0 Å². The summed E-state index contributed by atoms with van der Waals surface area (Å²) in [5, 5.41) is 7.48. The average molecular weight is 373 g/mol. The molecule has 1 heterocycles. The normalized spacial score (nSPS) is 22.8. The molecule has 3 aliphatic rings. The molecule has 3 aliphatic carbocycles. The van der Waals surface area contributed by atoms with Crippen LogP contribution >= 0.6 is 0 Å². The minimum Gasteiger partial charge on any atom is -0.346 e. The van der Waals surface area contributed by atoms with Crippen molar-refractivity contribution in [2.24, 2.45) is 11.3 Å². The summed E-state index contributed by atoms with van der Waals surface area (Å²) < 4.78 is 29.4. The first kappa shape index (κ1) is 18.1. The summed E-state index contributed by atoms with van der Waals surface area (Å²) >= 11 is 0. The maximum absolute atomic E-state index is 14.5. The van der Waals surface area contributed by atoms with Crippen LogP contribution in [0, 0.1) is 23.0 Å². The summed E-state index contributed by atoms with van der Waals surface area (Å²) in [6.45, 7) is 10.2. The van der Waals surface area contributed by atoms with E-state index < -0.39 is 17.2 Å². The molecule has 2 aromatic rings. The number of benzene rings is 1. The molecule has 1 fully saturated rings. The molecule has 0 unspecified atom stereocenters. The van der Waals surface area contributed by atoms with E-state index in [0.717, 1.165) is 30.2 Å². The van der Waals surface area contributed by atoms with Gasteiger partial charge in [0.05, 0.1) is 5.69 Å². The predicted octanol–water partition coefficient (Wildman–Crippen LogP) is 4.36. The zero-order chi connectivity index (χ0) is 19.7. The Kier molecular flexibility index (Phi) is 3.78. The van der Waals surface area contributed by atoms with Crippen molar-refractivity contribution in [3.63, 3.8) is 0 Å². The molecule has 1 saturated carbocycles. The molecule has 0 aliphatic heterocycles. The lowest BCUT2D eigenvalue weighted by Crippen LogP contribution is -2.49. The van der Waals surface area contributed by atoms with Crippen molar-refractivity contribution in [1.29, 1.82) is 0 Å². The molecule has 1 aromatic carbocycles. The number of carbonyl (C=O) groups is 1. The van der Waals surface area contributed by atoms with Gasteiger partial charge in [-0.3, -0.25) is 4.79 Å². The SMILES string of the molecule is CC(C)(C)NC(=O)c1nn(-c2ccc(F)cc2F)c2c1C[C@@H]1C[C@H]2C1(C)C. The molecule has 2 atom stereocenters. The van der Waals surface area contributed by atoms with Crippen molar-refractivity contribution in [1.82, 2.24) is 15.1 Å². The second-order valence-corrected chi connectivity index (χ2v) is 9.43. The molecule has 0 radical (unpaired) electrons. The summed E-state index contributed by atoms with van der Waals surface area (Å²) in [5.41, 5.74) is 2.02. The van der Waals surface area contributed by atoms with Gasteiger partial charge in [-0.2, -0.15) is 5.10 Å². The molecule has 144 valence electrons. The lowest BCUT2D eigenvalue weighted by molar-refractivity contribution is 0.0145. The largest absolute Gasteiger partial charge is 0.346 e. The first-order chi connectivity index (χ1) is 12.5. The van der Waals surface area contributed by atoms with Crippen LogP contribution in [-0.2, 0) is 6.42 Å². The van der Waals surface area contributed by atoms with Crippen LogP contribution in [0.1, 0.15) is 68.7 Å². The van der Waals surface area contributed by atoms with Crippen molar-refractivity contribution >= 4 is 5.91 Å². The number of hydrogen-bond acceptors (Lipinski definition) is 2. The van der Waals surface area contributed by atoms with Gasteiger partial charge in [0.25, 0.3) is 5.91 Å². The predicted molar refractivity (Wildman–Crippen MR) is 99.0 cm³/mol. The molecule has 5 rings (SSSR count). The fraction of sp³-hybridized carbons (Fsp3) is 0.524. The second kappa shape index (κ2) is 5.63. The van der Waals surface area contributed by atoms with Crippen LogP contribution in [0.5, 0.6) is 0 Å². The zero-order valence-electron chi connectivity index (χ0n) is 16.4. The fourth-order valence-corrected chi connectivity index (χ4v) is 4.51. The minimum absolute atomic E-state index is 0.0824. The fourth-order valence-electron chi connectivity index (χ4n) is 4.51. The third-order valence-electron chi connectivity index (χ3n) is 6.12. The molecule has 1 amide bonds. The van der Waals surface area contributed by atoms with Crippen LogP contribution in [0.4, 0.5) is 8.78 Å². The number of carbonyl (C=O) groups excluding carboxylic acids is 1. The molecule has 0 saturated heterocycles. The van der Waals surface area contributed by atoms with Gasteiger partial charge >= 0.3 is 0 Å². The maximum atomic E-state index is 14.5. The van der Waals surface area contributed by atoms with Crippen molar-refractivity contribution in [2.75, 3.05) is 0 Å². The molecular weight excluding hydrogens is 348 g/mol. The topological polar surface area (TPSA) is 46.9 Å². The highest BCUT2D eigenvalue weighted by Crippen LogP contribution is 2.62. The van der Waals surface area contributed by atoms with E-state index in [-0.39, 0.29) is 22.9 Å². The molecule has 6 heteroatoms. The Labute approximate surface area is 158 Å². The van der Waals surface area contributed by atoms with Crippen LogP contribution < -0.4 is 5.32 Å². The summed E-state index contributed by atoms with van der Waals surface area (Å²) in [5.74, 6) is -0.861. The lowest BCUT2D eigenvalue weighted by Gasteiger charge is -2.56. The van der Waals surface area contributed by atoms with E-state index in [2.05, 4.69) is 24.3 Å². The number of rotatable bonds is 2. The summed E-state index contributed by atoms with van der Waals surface area (Å²) in [7, 11) is 0. The van der Waals surface area contributed by atoms with Crippen molar-refractivity contribution in [2.45, 2.75) is 58.9 Å². The Morgan fingerprint density at radius 2 is 2.00 bits per heavy atom. The molecular formula is C21H25F2N3O. The number of halogens is 2. The van der Waals surface area contributed by atoms with Crippen molar-refractivity contribution < 1.29 is 13.6 Å². The zero-order valence-corrected chi connectivity index (χ0v) is 16.4. The standard InChI is InChI=1S/C21H25F2N3O/c1-20(2,3)24-19(27)17-13-8-11-9-14(21(11,4)5)18(13)26(25-17)16-7-6-12(22)10-15(16)23/h6-7,10-11,14H,8-9H2,1-5H3,(H,24,27)/t11-,14-/m1/s1. The number of hydrogen-bond donors (Lipinski definition) is 1. The summed E-state index contributed by atoms with van der Waals surface area (Å²) in [6, 6.07) is 3.47. The molecule has 1 N–H and O–H groups in total. The van der Waals surface area contributed by atoms with Gasteiger partial charge in [0.15, 0.2) is 11.5 Å². The Balaban J connectivity index is 1.88. The van der Waals surface area contributed by atoms with Gasteiger partial charge in [0.2, 0.25) is 0 Å². The lowest BCUT2D eigenvalue weighted by atomic mass is 9.48. The van der Waals surface area contributed by atoms with Gasteiger partial charge in [-0.1, -0.05) is 13.8 Å². The second-order valence-electron chi connectivity index (χ2n) is 9.43. The van der Waals surface area contributed by atoms with E-state index >= 15 is 0 Å². The number of aromatic nitrogens is 2. The van der Waals surface area contributed by atoms with E-state index in [1.807, 2.05) is 20.8 Å². The molecule has 27 heavy (non-hydrogen) atoms. The molecule has 2 bridgehead atoms. The number of nitrogens with zero attached hydrogens (tertiary/aromatic N) is 2. The highest BCUT2D eigenvalue weighted by molar-refractivity contribution is 5.94. The first-order valence-electron chi connectivity index (χ1n) is 9.39. The Morgan fingerprint density at radius 3 is 2.59 bits per heavy atom. The Morgan fingerprint density at radius 1 is 1.30 bits per heavy atom. The molecule has 0 spiro atoms. The van der Waals surface area contributed by atoms with Gasteiger partial charge in [-0.25, -0.2) is 13.5 Å². The van der Waals surface area contributed by atoms with E-state index in [0.29, 0.717) is 11.6 Å². The molecule has 1 aromatic heterocycles. The monoisotopic (exact) mass is 373 g/mol. The maximum Gasteiger partial charge on any atom is 0.272 e. The van der Waals surface area contributed by atoms with Crippen LogP contribution in [0.2, 0.25) is 0 Å². The van der Waals surface area contributed by atoms with E-state index in [9.17, 15) is 13.6 Å². The number of nitrogens with one attached hydrogen (secondary N) is 1. The van der Waals surface area contributed by atoms with Crippen LogP contribution in [-0.4, -0.2) is 21.2 Å². The summed E-state index contributed by atoms with van der Waals surface area (Å²) in [4.78, 5) is 12.9.